The smallest absolute Gasteiger partial charge is 0.260 e. The maximum absolute atomic E-state index is 12.7. The Hall–Kier alpha value is -2.79. The number of nitrogens with zero attached hydrogens (tertiary/aromatic N) is 2. The second-order valence-electron chi connectivity index (χ2n) is 5.39. The van der Waals surface area contributed by atoms with Gasteiger partial charge in [0.2, 0.25) is 0 Å². The van der Waals surface area contributed by atoms with Gasteiger partial charge in [-0.15, -0.1) is 0 Å². The monoisotopic (exact) mass is 325 g/mol. The Morgan fingerprint density at radius 1 is 1.17 bits per heavy atom. The minimum atomic E-state index is -0.168. The molecule has 4 rings (SSSR count). The molecule has 0 saturated heterocycles. The Balaban J connectivity index is 2.00. The van der Waals surface area contributed by atoms with Crippen LogP contribution in [0.2, 0.25) is 5.02 Å². The summed E-state index contributed by atoms with van der Waals surface area (Å²) in [5, 5.41) is 16.6. The van der Waals surface area contributed by atoms with Gasteiger partial charge < -0.3 is 15.4 Å². The number of oxime groups is 1. The molecule has 114 valence electrons. The quantitative estimate of drug-likeness (QED) is 0.443. The minimum absolute atomic E-state index is 0.168. The number of hydrogen-bond donors (Lipinski definition) is 2. The van der Waals surface area contributed by atoms with Gasteiger partial charge in [0.05, 0.1) is 17.0 Å². The zero-order chi connectivity index (χ0) is 16.1. The average molecular weight is 326 g/mol. The lowest BCUT2D eigenvalue weighted by Gasteiger charge is -2.08. The van der Waals surface area contributed by atoms with Crippen molar-refractivity contribution in [2.75, 3.05) is 17.3 Å². The van der Waals surface area contributed by atoms with Crippen molar-refractivity contribution in [3.8, 4) is 0 Å². The van der Waals surface area contributed by atoms with Crippen molar-refractivity contribution in [1.82, 2.24) is 0 Å². The first-order valence-electron chi connectivity index (χ1n) is 7.03. The first-order valence-corrected chi connectivity index (χ1v) is 7.40. The highest BCUT2D eigenvalue weighted by Gasteiger charge is 2.37. The molecule has 0 aliphatic carbocycles. The van der Waals surface area contributed by atoms with E-state index in [1.807, 2.05) is 24.3 Å². The molecule has 1 amide bonds. The molecule has 2 aliphatic heterocycles. The van der Waals surface area contributed by atoms with Crippen molar-refractivity contribution in [2.24, 2.45) is 5.16 Å². The van der Waals surface area contributed by atoms with Crippen molar-refractivity contribution < 1.29 is 10.0 Å². The van der Waals surface area contributed by atoms with Crippen LogP contribution in [-0.2, 0) is 4.79 Å². The van der Waals surface area contributed by atoms with Gasteiger partial charge in [0.25, 0.3) is 5.91 Å². The lowest BCUT2D eigenvalue weighted by Crippen LogP contribution is -2.22. The van der Waals surface area contributed by atoms with Crippen LogP contribution in [0.4, 0.5) is 11.4 Å². The van der Waals surface area contributed by atoms with Crippen molar-refractivity contribution >= 4 is 40.2 Å². The third kappa shape index (κ3) is 1.87. The highest BCUT2D eigenvalue weighted by molar-refractivity contribution is 6.41. The number of likely N-dealkylation sites (N-methyl/N-ethyl adjacent to an activating group) is 1. The SMILES string of the molecule is CN1C(=O)/C(=C2\Nc3ccccc3\C2=N/O)c2cc(Cl)ccc21. The molecule has 0 saturated carbocycles. The Kier molecular flexibility index (Phi) is 2.92. The zero-order valence-corrected chi connectivity index (χ0v) is 12.9. The van der Waals surface area contributed by atoms with E-state index in [2.05, 4.69) is 10.5 Å². The third-order valence-corrected chi connectivity index (χ3v) is 4.37. The number of benzene rings is 2. The predicted molar refractivity (Wildman–Crippen MR) is 90.2 cm³/mol. The number of amides is 1. The van der Waals surface area contributed by atoms with Gasteiger partial charge in [-0.2, -0.15) is 0 Å². The van der Waals surface area contributed by atoms with E-state index in [1.165, 1.54) is 0 Å². The molecule has 5 nitrogen and oxygen atoms in total. The van der Waals surface area contributed by atoms with E-state index in [0.717, 1.165) is 22.5 Å². The summed E-state index contributed by atoms with van der Waals surface area (Å²) in [5.74, 6) is -0.168. The molecule has 2 heterocycles. The predicted octanol–water partition coefficient (Wildman–Crippen LogP) is 3.33. The summed E-state index contributed by atoms with van der Waals surface area (Å²) in [5.41, 5.74) is 4.35. The average Bonchev–Trinajstić information content (AvgIpc) is 3.03. The van der Waals surface area contributed by atoms with Crippen LogP contribution in [0.25, 0.3) is 5.57 Å². The first kappa shape index (κ1) is 13.8. The number of hydrogen-bond acceptors (Lipinski definition) is 4. The van der Waals surface area contributed by atoms with Gasteiger partial charge in [0.15, 0.2) is 0 Å². The Labute approximate surface area is 137 Å². The largest absolute Gasteiger partial charge is 0.410 e. The molecule has 2 aliphatic rings. The van der Waals surface area contributed by atoms with Crippen LogP contribution in [0.15, 0.2) is 53.3 Å². The maximum atomic E-state index is 12.7. The summed E-state index contributed by atoms with van der Waals surface area (Å²) in [6, 6.07) is 12.7. The number of carbonyl (C=O) groups is 1. The highest BCUT2D eigenvalue weighted by Crippen LogP contribution is 2.42. The van der Waals surface area contributed by atoms with Crippen LogP contribution >= 0.6 is 11.6 Å². The van der Waals surface area contributed by atoms with E-state index in [1.54, 1.807) is 30.1 Å². The lowest BCUT2D eigenvalue weighted by molar-refractivity contribution is -0.112. The summed E-state index contributed by atoms with van der Waals surface area (Å²) < 4.78 is 0. The van der Waals surface area contributed by atoms with E-state index in [-0.39, 0.29) is 5.91 Å². The van der Waals surface area contributed by atoms with E-state index in [4.69, 9.17) is 11.6 Å². The fourth-order valence-corrected chi connectivity index (χ4v) is 3.22. The van der Waals surface area contributed by atoms with Crippen LogP contribution in [-0.4, -0.2) is 23.9 Å². The van der Waals surface area contributed by atoms with E-state index >= 15 is 0 Å². The lowest BCUT2D eigenvalue weighted by atomic mass is 10.0. The number of nitrogens with one attached hydrogen (secondary N) is 1. The number of fused-ring (bicyclic) bond motifs is 2. The molecule has 0 radical (unpaired) electrons. The fraction of sp³-hybridized carbons (Fsp3) is 0.0588. The highest BCUT2D eigenvalue weighted by atomic mass is 35.5. The molecule has 0 aromatic heterocycles. The summed E-state index contributed by atoms with van der Waals surface area (Å²) in [6.07, 6.45) is 0. The summed E-state index contributed by atoms with van der Waals surface area (Å²) >= 11 is 6.10. The number of allylic oxidation sites excluding steroid dienone is 1. The number of rotatable bonds is 0. The van der Waals surface area contributed by atoms with Gasteiger partial charge in [-0.25, -0.2) is 0 Å². The van der Waals surface area contributed by atoms with Gasteiger partial charge in [0.1, 0.15) is 5.71 Å². The van der Waals surface area contributed by atoms with Crippen LogP contribution in [0, 0.1) is 0 Å². The van der Waals surface area contributed by atoms with Crippen LogP contribution < -0.4 is 10.2 Å². The van der Waals surface area contributed by atoms with Gasteiger partial charge >= 0.3 is 0 Å². The molecule has 2 aromatic carbocycles. The molecule has 0 fully saturated rings. The summed E-state index contributed by atoms with van der Waals surface area (Å²) in [6.45, 7) is 0. The van der Waals surface area contributed by atoms with Crippen LogP contribution in [0.5, 0.6) is 0 Å². The van der Waals surface area contributed by atoms with Gasteiger partial charge in [-0.1, -0.05) is 35.0 Å². The minimum Gasteiger partial charge on any atom is -0.410 e. The second kappa shape index (κ2) is 4.86. The van der Waals surface area contributed by atoms with Crippen LogP contribution in [0.3, 0.4) is 0 Å². The van der Waals surface area contributed by atoms with Crippen molar-refractivity contribution in [2.45, 2.75) is 0 Å². The Bertz CT molecular complexity index is 918. The van der Waals surface area contributed by atoms with Gasteiger partial charge in [0, 0.05) is 28.9 Å². The van der Waals surface area contributed by atoms with E-state index < -0.39 is 0 Å². The molecule has 0 bridgehead atoms. The normalized spacial score (nSPS) is 20.7. The standard InChI is InChI=1S/C17H12ClN3O2/c1-21-13-7-6-9(18)8-11(13)14(17(21)22)16-15(20-23)10-4-2-3-5-12(10)19-16/h2-8,19,23H,1H3/b16-14-,20-15+. The number of anilines is 2. The first-order chi connectivity index (χ1) is 11.1. The molecule has 0 spiro atoms. The van der Waals surface area contributed by atoms with Crippen molar-refractivity contribution in [3.05, 3.63) is 64.3 Å². The van der Waals surface area contributed by atoms with Crippen molar-refractivity contribution in [3.63, 3.8) is 0 Å². The maximum Gasteiger partial charge on any atom is 0.260 e. The third-order valence-electron chi connectivity index (χ3n) is 4.14. The van der Waals surface area contributed by atoms with Crippen LogP contribution in [0.1, 0.15) is 11.1 Å². The topological polar surface area (TPSA) is 64.9 Å². The molecule has 2 aromatic rings. The molecular weight excluding hydrogens is 314 g/mol. The number of carbonyl (C=O) groups excluding carboxylic acids is 1. The second-order valence-corrected chi connectivity index (χ2v) is 5.83. The molecular formula is C17H12ClN3O2. The number of halogens is 1. The Morgan fingerprint density at radius 3 is 2.74 bits per heavy atom. The summed E-state index contributed by atoms with van der Waals surface area (Å²) in [7, 11) is 1.71. The van der Waals surface area contributed by atoms with E-state index in [0.29, 0.717) is 22.0 Å². The van der Waals surface area contributed by atoms with Gasteiger partial charge in [-0.3, -0.25) is 4.79 Å². The zero-order valence-electron chi connectivity index (χ0n) is 12.2. The van der Waals surface area contributed by atoms with E-state index in [9.17, 15) is 10.0 Å². The molecule has 0 atom stereocenters. The molecule has 6 heteroatoms. The summed E-state index contributed by atoms with van der Waals surface area (Å²) in [4.78, 5) is 14.3. The number of para-hydroxylation sites is 1. The van der Waals surface area contributed by atoms with Gasteiger partial charge in [-0.05, 0) is 24.3 Å². The molecule has 23 heavy (non-hydrogen) atoms. The Morgan fingerprint density at radius 2 is 1.96 bits per heavy atom. The molecule has 2 N–H and O–H groups in total. The fourth-order valence-electron chi connectivity index (χ4n) is 3.05. The molecule has 0 unspecified atom stereocenters. The van der Waals surface area contributed by atoms with Crippen molar-refractivity contribution in [1.29, 1.82) is 0 Å².